The van der Waals surface area contributed by atoms with Gasteiger partial charge in [-0.05, 0) is 39.3 Å². The van der Waals surface area contributed by atoms with Gasteiger partial charge >= 0.3 is 0 Å². The first-order chi connectivity index (χ1) is 7.60. The Balaban J connectivity index is 2.49. The van der Waals surface area contributed by atoms with E-state index in [1.165, 1.54) is 57.8 Å². The highest BCUT2D eigenvalue weighted by Gasteiger charge is 2.34. The summed E-state index contributed by atoms with van der Waals surface area (Å²) in [6.45, 7) is 4.75. The van der Waals surface area contributed by atoms with Crippen LogP contribution in [0.4, 0.5) is 0 Å². The van der Waals surface area contributed by atoms with Gasteiger partial charge in [-0.1, -0.05) is 52.4 Å². The molecule has 0 radical (unpaired) electrons. The maximum absolute atomic E-state index is 2.52. The molecule has 0 aromatic heterocycles. The van der Waals surface area contributed by atoms with Crippen LogP contribution in [0.5, 0.6) is 0 Å². The molecule has 0 bridgehead atoms. The van der Waals surface area contributed by atoms with Gasteiger partial charge in [-0.2, -0.15) is 0 Å². The van der Waals surface area contributed by atoms with Crippen molar-refractivity contribution < 1.29 is 0 Å². The van der Waals surface area contributed by atoms with E-state index >= 15 is 0 Å². The zero-order valence-electron chi connectivity index (χ0n) is 11.9. The molecule has 0 aliphatic heterocycles. The van der Waals surface area contributed by atoms with Gasteiger partial charge in [0.05, 0.1) is 0 Å². The predicted octanol–water partition coefficient (Wildman–Crippen LogP) is 4.47. The van der Waals surface area contributed by atoms with E-state index in [0.717, 1.165) is 5.92 Å². The third kappa shape index (κ3) is 3.76. The maximum Gasteiger partial charge on any atom is 0.0206 e. The second kappa shape index (κ2) is 6.64. The molecule has 0 heterocycles. The molecule has 0 N–H and O–H groups in total. The summed E-state index contributed by atoms with van der Waals surface area (Å²) >= 11 is 0. The van der Waals surface area contributed by atoms with Crippen molar-refractivity contribution in [1.29, 1.82) is 0 Å². The van der Waals surface area contributed by atoms with Crippen LogP contribution in [0.2, 0.25) is 0 Å². The fourth-order valence-electron chi connectivity index (χ4n) is 3.35. The molecule has 0 aromatic rings. The number of unbranched alkanes of at least 4 members (excludes halogenated alkanes) is 1. The third-order valence-electron chi connectivity index (χ3n) is 4.51. The summed E-state index contributed by atoms with van der Waals surface area (Å²) < 4.78 is 0. The van der Waals surface area contributed by atoms with Gasteiger partial charge in [0.15, 0.2) is 0 Å². The van der Waals surface area contributed by atoms with Crippen molar-refractivity contribution in [2.75, 3.05) is 14.1 Å². The van der Waals surface area contributed by atoms with Gasteiger partial charge in [-0.3, -0.25) is 0 Å². The molecule has 1 unspecified atom stereocenters. The molecule has 1 heteroatoms. The van der Waals surface area contributed by atoms with Crippen LogP contribution in [0, 0.1) is 5.92 Å². The van der Waals surface area contributed by atoms with E-state index in [-0.39, 0.29) is 0 Å². The Bertz CT molecular complexity index is 180. The van der Waals surface area contributed by atoms with Crippen molar-refractivity contribution in [2.24, 2.45) is 5.92 Å². The molecule has 1 fully saturated rings. The van der Waals surface area contributed by atoms with Gasteiger partial charge in [-0.25, -0.2) is 0 Å². The fraction of sp³-hybridized carbons (Fsp3) is 1.00. The first-order valence-corrected chi connectivity index (χ1v) is 7.28. The van der Waals surface area contributed by atoms with Crippen molar-refractivity contribution in [1.82, 2.24) is 4.90 Å². The number of hydrogen-bond acceptors (Lipinski definition) is 1. The minimum absolute atomic E-state index is 0.533. The molecule has 1 nitrogen and oxygen atoms in total. The standard InChI is InChI=1S/C15H31N/c1-5-6-10-14(2)13-15(16(3)4)11-8-7-9-12-15/h14H,5-13H2,1-4H3/i16+2. The van der Waals surface area contributed by atoms with Crippen LogP contribution < -0.4 is 0 Å². The Morgan fingerprint density at radius 3 is 2.25 bits per heavy atom. The van der Waals surface area contributed by atoms with Crippen LogP contribution in [-0.4, -0.2) is 24.5 Å². The minimum Gasteiger partial charge on any atom is -0.304 e. The Labute approximate surface area is 103 Å². The van der Waals surface area contributed by atoms with Gasteiger partial charge in [0.2, 0.25) is 0 Å². The predicted molar refractivity (Wildman–Crippen MR) is 72.8 cm³/mol. The van der Waals surface area contributed by atoms with Crippen LogP contribution in [0.3, 0.4) is 0 Å². The summed E-state index contributed by atoms with van der Waals surface area (Å²) in [7, 11) is 4.58. The fourth-order valence-corrected chi connectivity index (χ4v) is 3.35. The molecular weight excluding hydrogens is 196 g/mol. The Morgan fingerprint density at radius 1 is 1.12 bits per heavy atom. The van der Waals surface area contributed by atoms with Crippen molar-refractivity contribution >= 4 is 0 Å². The second-order valence-electron chi connectivity index (χ2n) is 6.13. The number of rotatable bonds is 6. The summed E-state index contributed by atoms with van der Waals surface area (Å²) in [5.74, 6) is 0.903. The van der Waals surface area contributed by atoms with E-state index in [1.807, 2.05) is 0 Å². The molecular formula is C15H31N. The van der Waals surface area contributed by atoms with Crippen molar-refractivity contribution in [2.45, 2.75) is 77.2 Å². The molecule has 1 aliphatic rings. The van der Waals surface area contributed by atoms with Gasteiger partial charge < -0.3 is 4.90 Å². The SMILES string of the molecule is CCCCC(C)CC1([16N](C)C)CCCCC1. The Morgan fingerprint density at radius 2 is 1.75 bits per heavy atom. The lowest BCUT2D eigenvalue weighted by atomic mass is 9.77. The molecule has 96 valence electrons. The quantitative estimate of drug-likeness (QED) is 0.647. The molecule has 0 aromatic carbocycles. The average Bonchev–Trinajstić information content (AvgIpc) is 2.27. The minimum atomic E-state index is 0.533. The summed E-state index contributed by atoms with van der Waals surface area (Å²) in [6, 6.07) is 0. The lowest BCUT2D eigenvalue weighted by Crippen LogP contribution is -2.46. The van der Waals surface area contributed by atoms with Gasteiger partial charge in [0.25, 0.3) is 0 Å². The molecule has 1 atom stereocenters. The molecule has 0 saturated heterocycles. The highest BCUT2D eigenvalue weighted by Crippen LogP contribution is 2.38. The molecule has 1 saturated carbocycles. The van der Waals surface area contributed by atoms with Crippen molar-refractivity contribution in [3.8, 4) is 0 Å². The maximum atomic E-state index is 2.52. The highest BCUT2D eigenvalue weighted by atomic mass is 16.7. The first kappa shape index (κ1) is 14.0. The highest BCUT2D eigenvalue weighted by molar-refractivity contribution is 4.91. The van der Waals surface area contributed by atoms with E-state index in [4.69, 9.17) is 0 Å². The largest absolute Gasteiger partial charge is 0.304 e. The second-order valence-corrected chi connectivity index (χ2v) is 6.13. The van der Waals surface area contributed by atoms with E-state index in [9.17, 15) is 0 Å². The number of hydrogen-bond donors (Lipinski definition) is 0. The topological polar surface area (TPSA) is 3.24 Å². The van der Waals surface area contributed by atoms with E-state index in [1.54, 1.807) is 0 Å². The van der Waals surface area contributed by atoms with Crippen LogP contribution in [0.25, 0.3) is 0 Å². The van der Waals surface area contributed by atoms with E-state index < -0.39 is 0 Å². The van der Waals surface area contributed by atoms with E-state index in [0.29, 0.717) is 5.54 Å². The van der Waals surface area contributed by atoms with Gasteiger partial charge in [-0.15, -0.1) is 0 Å². The zero-order chi connectivity index (χ0) is 12.0. The lowest BCUT2D eigenvalue weighted by Gasteiger charge is -2.44. The summed E-state index contributed by atoms with van der Waals surface area (Å²) in [4.78, 5) is 2.52. The molecule has 0 spiro atoms. The average molecular weight is 227 g/mol. The summed E-state index contributed by atoms with van der Waals surface area (Å²) in [5.41, 5.74) is 0.533. The Kier molecular flexibility index (Phi) is 5.82. The van der Waals surface area contributed by atoms with Crippen LogP contribution in [0.15, 0.2) is 0 Å². The number of nitrogens with zero attached hydrogens (tertiary/aromatic N) is 1. The smallest absolute Gasteiger partial charge is 0.0206 e. The van der Waals surface area contributed by atoms with Crippen LogP contribution >= 0.6 is 0 Å². The molecule has 1 aliphatic carbocycles. The normalized spacial score (nSPS) is 22.3. The van der Waals surface area contributed by atoms with Crippen LogP contribution in [-0.2, 0) is 0 Å². The van der Waals surface area contributed by atoms with Gasteiger partial charge in [0, 0.05) is 5.54 Å². The molecule has 16 heavy (non-hydrogen) atoms. The van der Waals surface area contributed by atoms with Crippen molar-refractivity contribution in [3.63, 3.8) is 0 Å². The van der Waals surface area contributed by atoms with Crippen LogP contribution in [0.1, 0.15) is 71.6 Å². The Hall–Kier alpha value is -0.0400. The molecule has 0 amide bonds. The van der Waals surface area contributed by atoms with E-state index in [2.05, 4.69) is 32.8 Å². The monoisotopic (exact) mass is 227 g/mol. The third-order valence-corrected chi connectivity index (χ3v) is 4.51. The van der Waals surface area contributed by atoms with Crippen molar-refractivity contribution in [3.05, 3.63) is 0 Å². The first-order valence-electron chi connectivity index (χ1n) is 7.28. The molecule has 1 rings (SSSR count). The zero-order valence-corrected chi connectivity index (χ0v) is 11.9. The lowest BCUT2D eigenvalue weighted by molar-refractivity contribution is 0.0724. The summed E-state index contributed by atoms with van der Waals surface area (Å²) in [6.07, 6.45) is 12.8. The summed E-state index contributed by atoms with van der Waals surface area (Å²) in [5, 5.41) is 0. The van der Waals surface area contributed by atoms with Gasteiger partial charge in [0.1, 0.15) is 0 Å².